The van der Waals surface area contributed by atoms with Crippen LogP contribution in [0.4, 0.5) is 4.79 Å². The zero-order valence-electron chi connectivity index (χ0n) is 15.9. The molecule has 0 aliphatic rings. The van der Waals surface area contributed by atoms with E-state index >= 15 is 0 Å². The first kappa shape index (κ1) is 20.9. The van der Waals surface area contributed by atoms with Gasteiger partial charge in [0.2, 0.25) is 5.91 Å². The molecule has 0 saturated heterocycles. The summed E-state index contributed by atoms with van der Waals surface area (Å²) in [6.07, 6.45) is 0.579. The van der Waals surface area contributed by atoms with Crippen molar-refractivity contribution in [2.24, 2.45) is 0 Å². The van der Waals surface area contributed by atoms with Gasteiger partial charge in [-0.3, -0.25) is 14.7 Å². The van der Waals surface area contributed by atoms with Gasteiger partial charge in [-0.25, -0.2) is 4.79 Å². The Balaban J connectivity index is 1.91. The van der Waals surface area contributed by atoms with Crippen molar-refractivity contribution in [1.29, 1.82) is 0 Å². The van der Waals surface area contributed by atoms with E-state index in [-0.39, 0.29) is 0 Å². The van der Waals surface area contributed by atoms with Crippen molar-refractivity contribution in [3.05, 3.63) is 71.0 Å². The highest BCUT2D eigenvalue weighted by Crippen LogP contribution is 2.27. The molecular formula is C20H20ClN5O2S. The van der Waals surface area contributed by atoms with Gasteiger partial charge in [0, 0.05) is 24.2 Å². The van der Waals surface area contributed by atoms with Gasteiger partial charge in [-0.05, 0) is 36.8 Å². The Morgan fingerprint density at radius 1 is 1.10 bits per heavy atom. The lowest BCUT2D eigenvalue weighted by atomic mass is 10.1. The molecule has 0 fully saturated rings. The molecule has 2 aromatic carbocycles. The molecule has 0 bridgehead atoms. The lowest BCUT2D eigenvalue weighted by Crippen LogP contribution is -2.41. The molecule has 1 unspecified atom stereocenters. The van der Waals surface area contributed by atoms with Gasteiger partial charge in [0.05, 0.1) is 5.25 Å². The van der Waals surface area contributed by atoms with Crippen LogP contribution in [-0.4, -0.2) is 39.0 Å². The van der Waals surface area contributed by atoms with Crippen LogP contribution in [0.15, 0.2) is 59.8 Å². The fraction of sp³-hybridized carbons (Fsp3) is 0.200. The van der Waals surface area contributed by atoms with E-state index in [1.807, 2.05) is 47.0 Å². The maximum Gasteiger partial charge on any atom is 0.321 e. The molecule has 3 rings (SSSR count). The number of carbonyl (C=O) groups is 2. The Morgan fingerprint density at radius 3 is 2.45 bits per heavy atom. The number of nitrogens with one attached hydrogen (secondary N) is 2. The molecule has 2 N–H and O–H groups in total. The fourth-order valence-electron chi connectivity index (χ4n) is 2.61. The van der Waals surface area contributed by atoms with Crippen LogP contribution in [-0.2, 0) is 11.2 Å². The minimum Gasteiger partial charge on any atom is -0.341 e. The molecule has 29 heavy (non-hydrogen) atoms. The van der Waals surface area contributed by atoms with Gasteiger partial charge in [-0.2, -0.15) is 0 Å². The second-order valence-corrected chi connectivity index (χ2v) is 7.95. The third-order valence-electron chi connectivity index (χ3n) is 4.11. The predicted molar refractivity (Wildman–Crippen MR) is 114 cm³/mol. The summed E-state index contributed by atoms with van der Waals surface area (Å²) in [5.41, 5.74) is 1.93. The number of aromatic nitrogens is 3. The molecule has 1 atom stereocenters. The third-order valence-corrected chi connectivity index (χ3v) is 5.40. The summed E-state index contributed by atoms with van der Waals surface area (Å²) in [5.74, 6) is 0.324. The largest absolute Gasteiger partial charge is 0.341 e. The van der Waals surface area contributed by atoms with Gasteiger partial charge in [-0.1, -0.05) is 53.7 Å². The molecule has 3 aromatic rings. The summed E-state index contributed by atoms with van der Waals surface area (Å²) in [6.45, 7) is 1.71. The van der Waals surface area contributed by atoms with Gasteiger partial charge in [0.25, 0.3) is 0 Å². The van der Waals surface area contributed by atoms with Crippen LogP contribution in [0, 0.1) is 0 Å². The van der Waals surface area contributed by atoms with Crippen LogP contribution < -0.4 is 10.6 Å². The Hall–Kier alpha value is -2.84. The van der Waals surface area contributed by atoms with E-state index in [0.717, 1.165) is 17.1 Å². The molecule has 0 saturated carbocycles. The van der Waals surface area contributed by atoms with Gasteiger partial charge in [-0.15, -0.1) is 10.2 Å². The van der Waals surface area contributed by atoms with Gasteiger partial charge in [0.1, 0.15) is 5.82 Å². The summed E-state index contributed by atoms with van der Waals surface area (Å²) in [6, 6.07) is 16.7. The van der Waals surface area contributed by atoms with Gasteiger partial charge in [0.15, 0.2) is 5.16 Å². The zero-order valence-corrected chi connectivity index (χ0v) is 17.5. The average Bonchev–Trinajstić information content (AvgIpc) is 3.11. The highest BCUT2D eigenvalue weighted by molar-refractivity contribution is 8.00. The van der Waals surface area contributed by atoms with Crippen molar-refractivity contribution in [2.75, 3.05) is 7.05 Å². The van der Waals surface area contributed by atoms with E-state index in [1.54, 1.807) is 19.1 Å². The van der Waals surface area contributed by atoms with Crippen molar-refractivity contribution in [2.45, 2.75) is 23.8 Å². The number of benzene rings is 2. The van der Waals surface area contributed by atoms with Crippen LogP contribution in [0.1, 0.15) is 18.3 Å². The van der Waals surface area contributed by atoms with Crippen LogP contribution in [0.25, 0.3) is 5.69 Å². The molecule has 0 spiro atoms. The molecule has 9 heteroatoms. The molecule has 0 aliphatic carbocycles. The van der Waals surface area contributed by atoms with E-state index < -0.39 is 17.2 Å². The molecule has 1 heterocycles. The molecule has 1 aromatic heterocycles. The van der Waals surface area contributed by atoms with Crippen molar-refractivity contribution >= 4 is 35.3 Å². The molecule has 3 amide bonds. The first-order chi connectivity index (χ1) is 14.0. The number of hydrogen-bond acceptors (Lipinski definition) is 5. The topological polar surface area (TPSA) is 88.9 Å². The predicted octanol–water partition coefficient (Wildman–Crippen LogP) is 3.45. The second-order valence-electron chi connectivity index (χ2n) is 6.20. The highest BCUT2D eigenvalue weighted by Gasteiger charge is 2.22. The van der Waals surface area contributed by atoms with Crippen molar-refractivity contribution < 1.29 is 9.59 Å². The second kappa shape index (κ2) is 9.58. The zero-order chi connectivity index (χ0) is 20.8. The summed E-state index contributed by atoms with van der Waals surface area (Å²) < 4.78 is 1.90. The minimum atomic E-state index is -0.550. The quantitative estimate of drug-likeness (QED) is 0.586. The number of rotatable bonds is 6. The number of urea groups is 1. The monoisotopic (exact) mass is 429 g/mol. The van der Waals surface area contributed by atoms with Crippen LogP contribution in [0.2, 0.25) is 5.02 Å². The molecule has 150 valence electrons. The molecule has 7 nitrogen and oxygen atoms in total. The summed E-state index contributed by atoms with van der Waals surface area (Å²) in [4.78, 5) is 23.6. The van der Waals surface area contributed by atoms with Crippen molar-refractivity contribution in [3.8, 4) is 5.69 Å². The Kier molecular flexibility index (Phi) is 6.90. The minimum absolute atomic E-state index is 0.412. The van der Waals surface area contributed by atoms with Crippen LogP contribution in [0.5, 0.6) is 0 Å². The molecule has 0 radical (unpaired) electrons. The summed E-state index contributed by atoms with van der Waals surface area (Å²) >= 11 is 7.26. The maximum absolute atomic E-state index is 12.2. The van der Waals surface area contributed by atoms with Crippen molar-refractivity contribution in [3.63, 3.8) is 0 Å². The standard InChI is InChI=1S/C20H20ClN5O2S/c1-13(18(27)23-19(28)22-2)29-20-25-24-17(12-14-6-4-3-5-7-14)26(20)16-10-8-15(21)9-11-16/h3-11,13H,12H2,1-2H3,(H2,22,23,27,28). The Bertz CT molecular complexity index is 992. The number of imide groups is 1. The highest BCUT2D eigenvalue weighted by atomic mass is 35.5. The van der Waals surface area contributed by atoms with Gasteiger partial charge < -0.3 is 5.32 Å². The average molecular weight is 430 g/mol. The summed E-state index contributed by atoms with van der Waals surface area (Å²) in [5, 5.41) is 13.9. The van der Waals surface area contributed by atoms with Crippen molar-refractivity contribution in [1.82, 2.24) is 25.4 Å². The smallest absolute Gasteiger partial charge is 0.321 e. The molecular weight excluding hydrogens is 410 g/mol. The van der Waals surface area contributed by atoms with E-state index in [0.29, 0.717) is 16.6 Å². The maximum atomic E-state index is 12.2. The number of hydrogen-bond donors (Lipinski definition) is 2. The van der Waals surface area contributed by atoms with E-state index in [2.05, 4.69) is 20.8 Å². The van der Waals surface area contributed by atoms with E-state index in [9.17, 15) is 9.59 Å². The van der Waals surface area contributed by atoms with E-state index in [1.165, 1.54) is 18.8 Å². The normalized spacial score (nSPS) is 11.7. The van der Waals surface area contributed by atoms with Crippen LogP contribution in [0.3, 0.4) is 0 Å². The SMILES string of the molecule is CNC(=O)NC(=O)C(C)Sc1nnc(Cc2ccccc2)n1-c1ccc(Cl)cc1. The third kappa shape index (κ3) is 5.36. The number of amides is 3. The Morgan fingerprint density at radius 2 is 1.79 bits per heavy atom. The van der Waals surface area contributed by atoms with E-state index in [4.69, 9.17) is 11.6 Å². The number of carbonyl (C=O) groups excluding carboxylic acids is 2. The molecule has 0 aliphatic heterocycles. The first-order valence-electron chi connectivity index (χ1n) is 8.91. The first-order valence-corrected chi connectivity index (χ1v) is 10.2. The van der Waals surface area contributed by atoms with Crippen LogP contribution >= 0.6 is 23.4 Å². The number of nitrogens with zero attached hydrogens (tertiary/aromatic N) is 3. The Labute approximate surface area is 177 Å². The number of halogens is 1. The lowest BCUT2D eigenvalue weighted by molar-refractivity contribution is -0.119. The summed E-state index contributed by atoms with van der Waals surface area (Å²) in [7, 11) is 1.45. The van der Waals surface area contributed by atoms with Gasteiger partial charge >= 0.3 is 6.03 Å². The lowest BCUT2D eigenvalue weighted by Gasteiger charge is -2.13. The fourth-order valence-corrected chi connectivity index (χ4v) is 3.62. The number of thioether (sulfide) groups is 1.